The van der Waals surface area contributed by atoms with Gasteiger partial charge in [0.2, 0.25) is 0 Å². The number of aromatic nitrogens is 3. The lowest BCUT2D eigenvalue weighted by molar-refractivity contribution is 0.972. The Kier molecular flexibility index (Phi) is 2.87. The van der Waals surface area contributed by atoms with E-state index in [0.29, 0.717) is 11.4 Å². The molecule has 5 heteroatoms. The molecule has 0 aliphatic carbocycles. The fourth-order valence-corrected chi connectivity index (χ4v) is 2.24. The van der Waals surface area contributed by atoms with Crippen LogP contribution in [0.4, 0.5) is 11.4 Å². The summed E-state index contributed by atoms with van der Waals surface area (Å²) in [4.78, 5) is 0. The van der Waals surface area contributed by atoms with Gasteiger partial charge in [0.25, 0.3) is 0 Å². The van der Waals surface area contributed by atoms with Crippen molar-refractivity contribution in [3.63, 3.8) is 0 Å². The van der Waals surface area contributed by atoms with E-state index < -0.39 is 0 Å². The third kappa shape index (κ3) is 2.09. The summed E-state index contributed by atoms with van der Waals surface area (Å²) in [7, 11) is 0. The van der Waals surface area contributed by atoms with Crippen molar-refractivity contribution < 1.29 is 0 Å². The number of para-hydroxylation sites is 1. The summed E-state index contributed by atoms with van der Waals surface area (Å²) in [5.74, 6) is 1.54. The van der Waals surface area contributed by atoms with Gasteiger partial charge in [-0.3, -0.25) is 4.57 Å². The second-order valence-corrected chi connectivity index (χ2v) is 4.63. The minimum absolute atomic E-state index is 0.611. The summed E-state index contributed by atoms with van der Waals surface area (Å²) in [6.45, 7) is 1.92. The quantitative estimate of drug-likeness (QED) is 0.697. The molecular weight excluding hydrogens is 250 g/mol. The average Bonchev–Trinajstić information content (AvgIpc) is 2.80. The average molecular weight is 265 g/mol. The number of nitrogens with zero attached hydrogens (tertiary/aromatic N) is 3. The molecule has 0 saturated heterocycles. The van der Waals surface area contributed by atoms with E-state index in [9.17, 15) is 0 Å². The summed E-state index contributed by atoms with van der Waals surface area (Å²) in [6, 6.07) is 15.4. The van der Waals surface area contributed by atoms with Gasteiger partial charge in [0.15, 0.2) is 5.82 Å². The van der Waals surface area contributed by atoms with E-state index in [4.69, 9.17) is 11.5 Å². The zero-order valence-electron chi connectivity index (χ0n) is 11.1. The van der Waals surface area contributed by atoms with E-state index in [2.05, 4.69) is 10.2 Å². The molecule has 0 amide bonds. The van der Waals surface area contributed by atoms with Gasteiger partial charge >= 0.3 is 0 Å². The van der Waals surface area contributed by atoms with Crippen molar-refractivity contribution in [1.82, 2.24) is 14.8 Å². The highest BCUT2D eigenvalue weighted by molar-refractivity contribution is 5.69. The Bertz CT molecular complexity index is 726. The molecule has 20 heavy (non-hydrogen) atoms. The Balaban J connectivity index is 2.21. The van der Waals surface area contributed by atoms with Crippen LogP contribution in [-0.2, 0) is 0 Å². The molecule has 0 fully saturated rings. The van der Waals surface area contributed by atoms with E-state index in [1.165, 1.54) is 0 Å². The van der Waals surface area contributed by atoms with E-state index in [1.54, 1.807) is 6.07 Å². The third-order valence-electron chi connectivity index (χ3n) is 3.08. The lowest BCUT2D eigenvalue weighted by Gasteiger charge is -2.09. The van der Waals surface area contributed by atoms with Crippen molar-refractivity contribution in [2.24, 2.45) is 0 Å². The Labute approximate surface area is 116 Å². The van der Waals surface area contributed by atoms with Crippen LogP contribution in [0.15, 0.2) is 48.5 Å². The van der Waals surface area contributed by atoms with Crippen molar-refractivity contribution in [2.45, 2.75) is 6.92 Å². The Morgan fingerprint density at radius 2 is 1.55 bits per heavy atom. The summed E-state index contributed by atoms with van der Waals surface area (Å²) >= 11 is 0. The normalized spacial score (nSPS) is 10.7. The monoisotopic (exact) mass is 265 g/mol. The number of hydrogen-bond donors (Lipinski definition) is 2. The zero-order chi connectivity index (χ0) is 14.1. The first-order valence-electron chi connectivity index (χ1n) is 6.29. The highest BCUT2D eigenvalue weighted by Crippen LogP contribution is 2.26. The molecule has 100 valence electrons. The molecule has 0 bridgehead atoms. The van der Waals surface area contributed by atoms with Crippen molar-refractivity contribution >= 4 is 11.4 Å². The molecule has 4 N–H and O–H groups in total. The second kappa shape index (κ2) is 4.70. The first-order chi connectivity index (χ1) is 9.65. The summed E-state index contributed by atoms with van der Waals surface area (Å²) in [5, 5.41) is 8.41. The molecule has 1 heterocycles. The van der Waals surface area contributed by atoms with E-state index in [-0.39, 0.29) is 0 Å². The minimum Gasteiger partial charge on any atom is -0.399 e. The number of hydrogen-bond acceptors (Lipinski definition) is 4. The molecule has 5 nitrogen and oxygen atoms in total. The highest BCUT2D eigenvalue weighted by Gasteiger charge is 2.13. The van der Waals surface area contributed by atoms with Gasteiger partial charge in [0.1, 0.15) is 5.82 Å². The lowest BCUT2D eigenvalue weighted by atomic mass is 10.1. The number of benzene rings is 2. The molecule has 0 saturated carbocycles. The maximum atomic E-state index is 5.85. The molecule has 0 radical (unpaired) electrons. The van der Waals surface area contributed by atoms with Crippen LogP contribution in [0.25, 0.3) is 17.1 Å². The second-order valence-electron chi connectivity index (χ2n) is 4.63. The molecule has 3 rings (SSSR count). The van der Waals surface area contributed by atoms with Crippen LogP contribution in [0.2, 0.25) is 0 Å². The van der Waals surface area contributed by atoms with Gasteiger partial charge in [-0.15, -0.1) is 10.2 Å². The van der Waals surface area contributed by atoms with E-state index in [0.717, 1.165) is 22.9 Å². The van der Waals surface area contributed by atoms with Crippen molar-refractivity contribution in [1.29, 1.82) is 0 Å². The SMILES string of the molecule is Cc1nnc(-c2cc(N)cc(N)c2)n1-c1ccccc1. The van der Waals surface area contributed by atoms with Gasteiger partial charge < -0.3 is 11.5 Å². The van der Waals surface area contributed by atoms with Crippen LogP contribution >= 0.6 is 0 Å². The fourth-order valence-electron chi connectivity index (χ4n) is 2.24. The number of nitrogens with two attached hydrogens (primary N) is 2. The van der Waals surface area contributed by atoms with Crippen LogP contribution in [0.5, 0.6) is 0 Å². The van der Waals surface area contributed by atoms with Crippen LogP contribution < -0.4 is 11.5 Å². The molecule has 0 unspecified atom stereocenters. The largest absolute Gasteiger partial charge is 0.399 e. The topological polar surface area (TPSA) is 82.8 Å². The molecule has 0 spiro atoms. The molecule has 0 aliphatic rings. The smallest absolute Gasteiger partial charge is 0.168 e. The number of rotatable bonds is 2. The molecule has 2 aromatic carbocycles. The minimum atomic E-state index is 0.611. The van der Waals surface area contributed by atoms with Crippen molar-refractivity contribution in [3.8, 4) is 17.1 Å². The predicted octanol–water partition coefficient (Wildman–Crippen LogP) is 2.41. The van der Waals surface area contributed by atoms with Crippen LogP contribution in [0.3, 0.4) is 0 Å². The fraction of sp³-hybridized carbons (Fsp3) is 0.0667. The lowest BCUT2D eigenvalue weighted by Crippen LogP contribution is -2.00. The molecular formula is C15H15N5. The maximum absolute atomic E-state index is 5.85. The van der Waals surface area contributed by atoms with E-state index in [1.807, 2.05) is 54.0 Å². The molecule has 0 atom stereocenters. The van der Waals surface area contributed by atoms with E-state index >= 15 is 0 Å². The highest BCUT2D eigenvalue weighted by atomic mass is 15.3. The third-order valence-corrected chi connectivity index (χ3v) is 3.08. The van der Waals surface area contributed by atoms with Gasteiger partial charge in [-0.1, -0.05) is 18.2 Å². The first kappa shape index (κ1) is 12.2. The number of anilines is 2. The number of nitrogen functional groups attached to an aromatic ring is 2. The van der Waals surface area contributed by atoms with Gasteiger partial charge in [-0.25, -0.2) is 0 Å². The van der Waals surface area contributed by atoms with Gasteiger partial charge in [-0.2, -0.15) is 0 Å². The van der Waals surface area contributed by atoms with Crippen molar-refractivity contribution in [2.75, 3.05) is 11.5 Å². The zero-order valence-corrected chi connectivity index (χ0v) is 11.1. The van der Waals surface area contributed by atoms with Gasteiger partial charge in [-0.05, 0) is 37.3 Å². The summed E-state index contributed by atoms with van der Waals surface area (Å²) in [6.07, 6.45) is 0. The Morgan fingerprint density at radius 1 is 0.900 bits per heavy atom. The Morgan fingerprint density at radius 3 is 2.20 bits per heavy atom. The maximum Gasteiger partial charge on any atom is 0.168 e. The molecule has 0 aliphatic heterocycles. The van der Waals surface area contributed by atoms with Gasteiger partial charge in [0.05, 0.1) is 0 Å². The van der Waals surface area contributed by atoms with Crippen molar-refractivity contribution in [3.05, 3.63) is 54.4 Å². The molecule has 3 aromatic rings. The predicted molar refractivity (Wildman–Crippen MR) is 80.4 cm³/mol. The van der Waals surface area contributed by atoms with Crippen LogP contribution in [-0.4, -0.2) is 14.8 Å². The first-order valence-corrected chi connectivity index (χ1v) is 6.29. The molecule has 1 aromatic heterocycles. The summed E-state index contributed by atoms with van der Waals surface area (Å²) in [5.41, 5.74) is 14.8. The standard InChI is InChI=1S/C15H15N5/c1-10-18-19-15(11-7-12(16)9-13(17)8-11)20(10)14-5-3-2-4-6-14/h2-9H,16-17H2,1H3. The Hall–Kier alpha value is -2.82. The summed E-state index contributed by atoms with van der Waals surface area (Å²) < 4.78 is 1.98. The van der Waals surface area contributed by atoms with Crippen LogP contribution in [0.1, 0.15) is 5.82 Å². The van der Waals surface area contributed by atoms with Crippen LogP contribution in [0, 0.1) is 6.92 Å². The van der Waals surface area contributed by atoms with Gasteiger partial charge in [0, 0.05) is 22.6 Å². The number of aryl methyl sites for hydroxylation is 1.